The van der Waals surface area contributed by atoms with Gasteiger partial charge in [0.1, 0.15) is 5.75 Å². The van der Waals surface area contributed by atoms with Crippen LogP contribution in [0, 0.1) is 5.92 Å². The Morgan fingerprint density at radius 1 is 1.28 bits per heavy atom. The first-order valence-corrected chi connectivity index (χ1v) is 11.7. The predicted octanol–water partition coefficient (Wildman–Crippen LogP) is 4.39. The molecule has 1 N–H and O–H groups in total. The van der Waals surface area contributed by atoms with E-state index in [9.17, 15) is 9.59 Å². The van der Waals surface area contributed by atoms with Gasteiger partial charge in [0.25, 0.3) is 0 Å². The average molecular weight is 458 g/mol. The maximum Gasteiger partial charge on any atom is 0.338 e. The highest BCUT2D eigenvalue weighted by atomic mass is 32.2. The van der Waals surface area contributed by atoms with Crippen LogP contribution in [0.25, 0.3) is 0 Å². The highest BCUT2D eigenvalue weighted by molar-refractivity contribution is 8.16. The van der Waals surface area contributed by atoms with Crippen LogP contribution in [0.2, 0.25) is 0 Å². The van der Waals surface area contributed by atoms with Crippen LogP contribution in [0.3, 0.4) is 0 Å². The SMILES string of the molecule is CCC1=C(C(=O)OC)[C@H](c2cccc(OC)c2)N2C(CC(=O)NCCC(C)C)=CSC2=N1. The molecule has 1 amide bonds. The van der Waals surface area contributed by atoms with Crippen LogP contribution in [0.4, 0.5) is 0 Å². The molecule has 1 aromatic carbocycles. The van der Waals surface area contributed by atoms with Gasteiger partial charge < -0.3 is 19.7 Å². The van der Waals surface area contributed by atoms with Gasteiger partial charge in [-0.15, -0.1) is 0 Å². The van der Waals surface area contributed by atoms with Crippen molar-refractivity contribution < 1.29 is 19.1 Å². The van der Waals surface area contributed by atoms with Gasteiger partial charge >= 0.3 is 5.97 Å². The molecule has 0 spiro atoms. The number of nitrogens with one attached hydrogen (secondary N) is 1. The number of hydrogen-bond acceptors (Lipinski definition) is 7. The minimum Gasteiger partial charge on any atom is -0.497 e. The Kier molecular flexibility index (Phi) is 8.01. The zero-order valence-electron chi connectivity index (χ0n) is 19.3. The van der Waals surface area contributed by atoms with Gasteiger partial charge in [-0.3, -0.25) is 4.79 Å². The van der Waals surface area contributed by atoms with E-state index < -0.39 is 12.0 Å². The smallest absolute Gasteiger partial charge is 0.338 e. The van der Waals surface area contributed by atoms with E-state index in [0.29, 0.717) is 35.9 Å². The molecule has 0 saturated carbocycles. The summed E-state index contributed by atoms with van der Waals surface area (Å²) in [6.07, 6.45) is 1.73. The normalized spacial score (nSPS) is 17.7. The van der Waals surface area contributed by atoms with E-state index in [1.807, 2.05) is 41.5 Å². The van der Waals surface area contributed by atoms with Gasteiger partial charge in [0, 0.05) is 12.2 Å². The van der Waals surface area contributed by atoms with E-state index in [-0.39, 0.29) is 12.3 Å². The molecule has 2 aliphatic rings. The second-order valence-corrected chi connectivity index (χ2v) is 8.92. The lowest BCUT2D eigenvalue weighted by Crippen LogP contribution is -2.38. The lowest BCUT2D eigenvalue weighted by molar-refractivity contribution is -0.136. The fourth-order valence-corrected chi connectivity index (χ4v) is 4.70. The van der Waals surface area contributed by atoms with E-state index in [0.717, 1.165) is 22.8 Å². The van der Waals surface area contributed by atoms with Crippen LogP contribution in [0.5, 0.6) is 5.75 Å². The van der Waals surface area contributed by atoms with Gasteiger partial charge in [0.15, 0.2) is 5.17 Å². The lowest BCUT2D eigenvalue weighted by Gasteiger charge is -2.36. The number of rotatable bonds is 9. The van der Waals surface area contributed by atoms with Gasteiger partial charge in [0.2, 0.25) is 5.91 Å². The third-order valence-electron chi connectivity index (χ3n) is 5.42. The molecule has 0 bridgehead atoms. The molecule has 0 fully saturated rings. The van der Waals surface area contributed by atoms with Gasteiger partial charge in [-0.25, -0.2) is 9.79 Å². The maximum atomic E-state index is 12.9. The number of ether oxygens (including phenoxy) is 2. The van der Waals surface area contributed by atoms with Crippen molar-refractivity contribution in [1.82, 2.24) is 10.2 Å². The Hall–Kier alpha value is -2.74. The fourth-order valence-electron chi connectivity index (χ4n) is 3.77. The number of benzene rings is 1. The third kappa shape index (κ3) is 5.18. The second kappa shape index (κ2) is 10.7. The lowest BCUT2D eigenvalue weighted by atomic mass is 9.92. The van der Waals surface area contributed by atoms with Crippen LogP contribution >= 0.6 is 11.8 Å². The summed E-state index contributed by atoms with van der Waals surface area (Å²) in [7, 11) is 2.99. The molecule has 0 aliphatic carbocycles. The molecule has 0 radical (unpaired) electrons. The number of hydrogen-bond donors (Lipinski definition) is 1. The molecular weight excluding hydrogens is 426 g/mol. The van der Waals surface area contributed by atoms with Gasteiger partial charge in [-0.05, 0) is 41.9 Å². The third-order valence-corrected chi connectivity index (χ3v) is 6.31. The molecule has 172 valence electrons. The van der Waals surface area contributed by atoms with Crippen molar-refractivity contribution in [2.45, 2.75) is 46.1 Å². The first-order chi connectivity index (χ1) is 15.4. The van der Waals surface area contributed by atoms with Gasteiger partial charge in [-0.2, -0.15) is 0 Å². The molecule has 2 aliphatic heterocycles. The molecule has 8 heteroatoms. The number of thioether (sulfide) groups is 1. The van der Waals surface area contributed by atoms with Crippen molar-refractivity contribution in [2.75, 3.05) is 20.8 Å². The van der Waals surface area contributed by atoms with Crippen LogP contribution in [-0.2, 0) is 14.3 Å². The number of carbonyl (C=O) groups excluding carboxylic acids is 2. The van der Waals surface area contributed by atoms with E-state index in [4.69, 9.17) is 14.5 Å². The molecule has 7 nitrogen and oxygen atoms in total. The summed E-state index contributed by atoms with van der Waals surface area (Å²) < 4.78 is 10.6. The summed E-state index contributed by atoms with van der Waals surface area (Å²) in [4.78, 5) is 32.2. The molecule has 2 heterocycles. The zero-order valence-corrected chi connectivity index (χ0v) is 20.1. The summed E-state index contributed by atoms with van der Waals surface area (Å²) in [5.41, 5.74) is 2.86. The van der Waals surface area contributed by atoms with Crippen molar-refractivity contribution in [3.8, 4) is 5.75 Å². The second-order valence-electron chi connectivity index (χ2n) is 8.09. The Balaban J connectivity index is 1.97. The summed E-state index contributed by atoms with van der Waals surface area (Å²) in [5, 5.41) is 5.70. The van der Waals surface area contributed by atoms with E-state index in [1.54, 1.807) is 7.11 Å². The highest BCUT2D eigenvalue weighted by Gasteiger charge is 2.41. The molecule has 32 heavy (non-hydrogen) atoms. The first-order valence-electron chi connectivity index (χ1n) is 10.8. The minimum absolute atomic E-state index is 0.0481. The number of carbonyl (C=O) groups is 2. The van der Waals surface area contributed by atoms with Crippen LogP contribution in [0.15, 0.2) is 51.6 Å². The Morgan fingerprint density at radius 2 is 2.06 bits per heavy atom. The number of amides is 1. The molecule has 0 saturated heterocycles. The fraction of sp³-hybridized carbons (Fsp3) is 0.458. The van der Waals surface area contributed by atoms with Crippen molar-refractivity contribution >= 4 is 28.8 Å². The zero-order chi connectivity index (χ0) is 23.3. The molecule has 3 rings (SSSR count). The number of amidine groups is 1. The quantitative estimate of drug-likeness (QED) is 0.554. The Bertz CT molecular complexity index is 968. The minimum atomic E-state index is -0.454. The summed E-state index contributed by atoms with van der Waals surface area (Å²) >= 11 is 1.47. The van der Waals surface area contributed by atoms with Gasteiger partial charge in [0.05, 0.1) is 38.0 Å². The molecule has 1 atom stereocenters. The van der Waals surface area contributed by atoms with Gasteiger partial charge in [-0.1, -0.05) is 44.7 Å². The van der Waals surface area contributed by atoms with E-state index >= 15 is 0 Å². The highest BCUT2D eigenvalue weighted by Crippen LogP contribution is 2.45. The van der Waals surface area contributed by atoms with Crippen molar-refractivity contribution in [1.29, 1.82) is 0 Å². The monoisotopic (exact) mass is 457 g/mol. The van der Waals surface area contributed by atoms with Crippen molar-refractivity contribution in [3.63, 3.8) is 0 Å². The Morgan fingerprint density at radius 3 is 2.72 bits per heavy atom. The molecular formula is C24H31N3O4S. The van der Waals surface area contributed by atoms with Crippen molar-refractivity contribution in [2.24, 2.45) is 10.9 Å². The molecule has 0 aromatic heterocycles. The number of nitrogens with zero attached hydrogens (tertiary/aromatic N) is 2. The molecule has 1 aromatic rings. The van der Waals surface area contributed by atoms with Crippen LogP contribution in [-0.4, -0.2) is 42.7 Å². The number of allylic oxidation sites excluding steroid dienone is 1. The Labute approximate surface area is 193 Å². The number of aliphatic imine (C=N–C) groups is 1. The summed E-state index contributed by atoms with van der Waals surface area (Å²) in [6.45, 7) is 6.87. The number of methoxy groups -OCH3 is 2. The number of esters is 1. The van der Waals surface area contributed by atoms with Crippen LogP contribution in [0.1, 0.15) is 51.6 Å². The van der Waals surface area contributed by atoms with Crippen LogP contribution < -0.4 is 10.1 Å². The summed E-state index contributed by atoms with van der Waals surface area (Å²) in [6, 6.07) is 7.17. The van der Waals surface area contributed by atoms with E-state index in [1.165, 1.54) is 18.9 Å². The first kappa shape index (κ1) is 23.9. The molecule has 0 unspecified atom stereocenters. The van der Waals surface area contributed by atoms with Crippen molar-refractivity contribution in [3.05, 3.63) is 52.2 Å². The topological polar surface area (TPSA) is 80.2 Å². The average Bonchev–Trinajstić information content (AvgIpc) is 3.19. The standard InChI is InChI=1S/C24H31N3O4S/c1-6-19-21(23(29)31-5)22(16-8-7-9-18(12-16)30-4)27-17(14-32-24(27)26-19)13-20(28)25-11-10-15(2)3/h7-9,12,14-15,22H,6,10-11,13H2,1-5H3,(H,25,28)/t22-/m0/s1. The largest absolute Gasteiger partial charge is 0.497 e. The number of fused-ring (bicyclic) bond motifs is 1. The van der Waals surface area contributed by atoms with E-state index in [2.05, 4.69) is 19.2 Å². The summed E-state index contributed by atoms with van der Waals surface area (Å²) in [5.74, 6) is 0.746. The maximum absolute atomic E-state index is 12.9. The predicted molar refractivity (Wildman–Crippen MR) is 127 cm³/mol.